The van der Waals surface area contributed by atoms with Crippen molar-refractivity contribution < 1.29 is 19.1 Å². The summed E-state index contributed by atoms with van der Waals surface area (Å²) in [5.74, 6) is -0.430. The van der Waals surface area contributed by atoms with Crippen molar-refractivity contribution in [2.24, 2.45) is 5.41 Å². The molecule has 190 valence electrons. The molecule has 1 aliphatic heterocycles. The first-order valence-corrected chi connectivity index (χ1v) is 13.3. The molecule has 6 nitrogen and oxygen atoms in total. The Morgan fingerprint density at radius 3 is 2.46 bits per heavy atom. The number of carbonyl (C=O) groups is 2. The number of aliphatic carboxylic acids is 1. The first-order valence-electron chi connectivity index (χ1n) is 13.3. The number of likely N-dealkylation sites (tertiary alicyclic amines) is 1. The van der Waals surface area contributed by atoms with E-state index in [2.05, 4.69) is 10.2 Å². The monoisotopic (exact) mass is 480 g/mol. The van der Waals surface area contributed by atoms with Crippen molar-refractivity contribution in [3.8, 4) is 11.1 Å². The predicted molar refractivity (Wildman–Crippen MR) is 137 cm³/mol. The summed E-state index contributed by atoms with van der Waals surface area (Å²) in [5.41, 5.74) is 3.33. The van der Waals surface area contributed by atoms with Crippen LogP contribution in [0, 0.1) is 12.3 Å². The van der Waals surface area contributed by atoms with Gasteiger partial charge < -0.3 is 19.7 Å². The number of rotatable bonds is 10. The first kappa shape index (κ1) is 25.5. The van der Waals surface area contributed by atoms with Gasteiger partial charge >= 0.3 is 5.97 Å². The molecule has 1 amide bonds. The fraction of sp³-hybridized carbons (Fsp3) is 0.586. The fourth-order valence-electron chi connectivity index (χ4n) is 5.93. The molecule has 0 bridgehead atoms. The van der Waals surface area contributed by atoms with Crippen LogP contribution in [0.25, 0.3) is 11.1 Å². The second-order valence-electron chi connectivity index (χ2n) is 10.7. The van der Waals surface area contributed by atoms with Gasteiger partial charge in [-0.15, -0.1) is 0 Å². The van der Waals surface area contributed by atoms with Gasteiger partial charge in [0.15, 0.2) is 5.76 Å². The molecule has 1 aliphatic carbocycles. The molecule has 4 rings (SSSR count). The van der Waals surface area contributed by atoms with Crippen molar-refractivity contribution >= 4 is 11.9 Å². The zero-order valence-corrected chi connectivity index (χ0v) is 21.1. The number of nitrogens with one attached hydrogen (secondary N) is 1. The zero-order valence-electron chi connectivity index (χ0n) is 21.1. The molecule has 0 radical (unpaired) electrons. The molecule has 1 saturated heterocycles. The van der Waals surface area contributed by atoms with Gasteiger partial charge in [-0.2, -0.15) is 0 Å². The average Bonchev–Trinajstić information content (AvgIpc) is 3.35. The van der Waals surface area contributed by atoms with E-state index in [9.17, 15) is 9.59 Å². The van der Waals surface area contributed by atoms with Gasteiger partial charge in [-0.3, -0.25) is 9.59 Å². The topological polar surface area (TPSA) is 82.8 Å². The van der Waals surface area contributed by atoms with Crippen molar-refractivity contribution in [2.75, 3.05) is 19.6 Å². The number of amides is 1. The third kappa shape index (κ3) is 6.97. The quantitative estimate of drug-likeness (QED) is 0.433. The van der Waals surface area contributed by atoms with Crippen LogP contribution in [0.1, 0.15) is 86.7 Å². The maximum absolute atomic E-state index is 13.0. The molecule has 2 fully saturated rings. The van der Waals surface area contributed by atoms with E-state index in [-0.39, 0.29) is 18.4 Å². The Labute approximate surface area is 209 Å². The molecule has 1 saturated carbocycles. The van der Waals surface area contributed by atoms with Crippen molar-refractivity contribution in [1.29, 1.82) is 0 Å². The number of aryl methyl sites for hydroxylation is 1. The van der Waals surface area contributed by atoms with Crippen LogP contribution < -0.4 is 5.32 Å². The highest BCUT2D eigenvalue weighted by molar-refractivity contribution is 5.98. The van der Waals surface area contributed by atoms with Gasteiger partial charge in [-0.05, 0) is 75.5 Å². The summed E-state index contributed by atoms with van der Waals surface area (Å²) in [6.07, 6.45) is 13.1. The van der Waals surface area contributed by atoms with Crippen molar-refractivity contribution in [3.63, 3.8) is 0 Å². The minimum Gasteiger partial charge on any atom is -0.481 e. The Morgan fingerprint density at radius 2 is 1.77 bits per heavy atom. The summed E-state index contributed by atoms with van der Waals surface area (Å²) in [7, 11) is 0. The van der Waals surface area contributed by atoms with Gasteiger partial charge in [-0.1, -0.05) is 49.1 Å². The molecular weight excluding hydrogens is 440 g/mol. The number of benzene rings is 1. The average molecular weight is 481 g/mol. The number of carboxylic acids is 1. The van der Waals surface area contributed by atoms with Crippen LogP contribution in [0.15, 0.2) is 41.0 Å². The van der Waals surface area contributed by atoms with Crippen molar-refractivity contribution in [3.05, 3.63) is 47.9 Å². The maximum atomic E-state index is 13.0. The van der Waals surface area contributed by atoms with Gasteiger partial charge in [0.1, 0.15) is 0 Å². The van der Waals surface area contributed by atoms with Crippen LogP contribution in [-0.2, 0) is 4.79 Å². The second-order valence-corrected chi connectivity index (χ2v) is 10.7. The highest BCUT2D eigenvalue weighted by Gasteiger charge is 2.32. The van der Waals surface area contributed by atoms with Crippen LogP contribution in [0.3, 0.4) is 0 Å². The molecule has 0 atom stereocenters. The van der Waals surface area contributed by atoms with Gasteiger partial charge in [-0.25, -0.2) is 0 Å². The Morgan fingerprint density at radius 1 is 1.06 bits per heavy atom. The maximum Gasteiger partial charge on any atom is 0.303 e. The lowest BCUT2D eigenvalue weighted by molar-refractivity contribution is -0.137. The number of carboxylic acid groups (broad SMARTS) is 1. The molecule has 2 N–H and O–H groups in total. The van der Waals surface area contributed by atoms with Crippen LogP contribution in [0.5, 0.6) is 0 Å². The third-order valence-corrected chi connectivity index (χ3v) is 8.13. The van der Waals surface area contributed by atoms with E-state index < -0.39 is 5.97 Å². The third-order valence-electron chi connectivity index (χ3n) is 8.13. The smallest absolute Gasteiger partial charge is 0.303 e. The molecule has 35 heavy (non-hydrogen) atoms. The Kier molecular flexibility index (Phi) is 8.66. The number of nitrogens with zero attached hydrogens (tertiary/aromatic N) is 1. The lowest BCUT2D eigenvalue weighted by atomic mass is 9.68. The summed E-state index contributed by atoms with van der Waals surface area (Å²) in [5, 5.41) is 12.2. The predicted octanol–water partition coefficient (Wildman–Crippen LogP) is 6.04. The highest BCUT2D eigenvalue weighted by Crippen LogP contribution is 2.43. The van der Waals surface area contributed by atoms with E-state index in [4.69, 9.17) is 9.52 Å². The van der Waals surface area contributed by atoms with Crippen LogP contribution in [-0.4, -0.2) is 47.6 Å². The van der Waals surface area contributed by atoms with Crippen LogP contribution in [0.2, 0.25) is 0 Å². The Hall–Kier alpha value is -2.60. The molecule has 2 aromatic rings. The molecule has 1 aromatic carbocycles. The number of hydrogen-bond acceptors (Lipinski definition) is 4. The molecule has 2 heterocycles. The SMILES string of the molecule is Cc1ccc(-c2ccoc2C(=O)NC2CCN(CCC3(CCCC(=O)O)CCCCC3)CC2)cc1. The minimum absolute atomic E-state index is 0.136. The van der Waals surface area contributed by atoms with Gasteiger partial charge in [0.25, 0.3) is 5.91 Å². The summed E-state index contributed by atoms with van der Waals surface area (Å²) in [4.78, 5) is 26.5. The van der Waals surface area contributed by atoms with E-state index in [0.717, 1.165) is 62.9 Å². The fourth-order valence-corrected chi connectivity index (χ4v) is 5.93. The molecule has 1 aromatic heterocycles. The van der Waals surface area contributed by atoms with Crippen LogP contribution in [0.4, 0.5) is 0 Å². The van der Waals surface area contributed by atoms with E-state index >= 15 is 0 Å². The van der Waals surface area contributed by atoms with E-state index in [1.807, 2.05) is 37.3 Å². The lowest BCUT2D eigenvalue weighted by Gasteiger charge is -2.40. The summed E-state index contributed by atoms with van der Waals surface area (Å²) < 4.78 is 5.58. The zero-order chi connectivity index (χ0) is 24.7. The van der Waals surface area contributed by atoms with E-state index in [0.29, 0.717) is 11.2 Å². The van der Waals surface area contributed by atoms with Gasteiger partial charge in [0, 0.05) is 31.1 Å². The Balaban J connectivity index is 1.25. The molecule has 0 spiro atoms. The second kappa shape index (κ2) is 11.9. The van der Waals surface area contributed by atoms with Gasteiger partial charge in [0.05, 0.1) is 6.26 Å². The minimum atomic E-state index is -0.680. The summed E-state index contributed by atoms with van der Waals surface area (Å²) in [6, 6.07) is 10.2. The highest BCUT2D eigenvalue weighted by atomic mass is 16.4. The largest absolute Gasteiger partial charge is 0.481 e. The standard InChI is InChI=1S/C29H40N2O4/c1-22-7-9-23(10-8-22)25-13-21-35-27(25)28(34)30-24-11-18-31(19-12-24)20-17-29(14-3-2-4-15-29)16-5-6-26(32)33/h7-10,13,21,24H,2-6,11-12,14-20H2,1H3,(H,30,34)(H,32,33). The first-order chi connectivity index (χ1) is 16.9. The van der Waals surface area contributed by atoms with E-state index in [1.54, 1.807) is 6.26 Å². The lowest BCUT2D eigenvalue weighted by Crippen LogP contribution is -2.45. The molecule has 0 unspecified atom stereocenters. The normalized spacial score (nSPS) is 18.9. The molecule has 6 heteroatoms. The number of furan rings is 1. The van der Waals surface area contributed by atoms with E-state index in [1.165, 1.54) is 37.7 Å². The van der Waals surface area contributed by atoms with Crippen LogP contribution >= 0.6 is 0 Å². The van der Waals surface area contributed by atoms with Gasteiger partial charge in [0.2, 0.25) is 0 Å². The van der Waals surface area contributed by atoms with Crippen molar-refractivity contribution in [1.82, 2.24) is 10.2 Å². The summed E-state index contributed by atoms with van der Waals surface area (Å²) in [6.45, 7) is 5.09. The number of piperidine rings is 1. The molecule has 2 aliphatic rings. The Bertz CT molecular complexity index is 967. The van der Waals surface area contributed by atoms with Crippen molar-refractivity contribution in [2.45, 2.75) is 83.6 Å². The molecular formula is C29H40N2O4. The number of hydrogen-bond donors (Lipinski definition) is 2. The number of carbonyl (C=O) groups excluding carboxylic acids is 1. The summed E-state index contributed by atoms with van der Waals surface area (Å²) >= 11 is 0.